The molecule has 0 aromatic rings. The van der Waals surface area contributed by atoms with Gasteiger partial charge in [-0.1, -0.05) is 0 Å². The van der Waals surface area contributed by atoms with Gasteiger partial charge in [0.15, 0.2) is 0 Å². The Balaban J connectivity index is 4.65. The lowest BCUT2D eigenvalue weighted by molar-refractivity contribution is -0.142. The fourth-order valence-electron chi connectivity index (χ4n) is 1.22. The van der Waals surface area contributed by atoms with Crippen molar-refractivity contribution in [1.29, 1.82) is 0 Å². The Kier molecular flexibility index (Phi) is 6.31. The summed E-state index contributed by atoms with van der Waals surface area (Å²) in [6.45, 7) is 5.11. The van der Waals surface area contributed by atoms with E-state index in [1.165, 1.54) is 13.3 Å². The Bertz CT molecular complexity index is 337. The summed E-state index contributed by atoms with van der Waals surface area (Å²) >= 11 is 0. The van der Waals surface area contributed by atoms with Crippen LogP contribution < -0.4 is 0 Å². The number of ether oxygens (including phenoxy) is 1. The van der Waals surface area contributed by atoms with Crippen LogP contribution in [0.3, 0.4) is 0 Å². The van der Waals surface area contributed by atoms with Gasteiger partial charge in [0.2, 0.25) is 0 Å². The van der Waals surface area contributed by atoms with Gasteiger partial charge in [-0.15, -0.1) is 0 Å². The van der Waals surface area contributed by atoms with Crippen molar-refractivity contribution in [2.45, 2.75) is 38.8 Å². The van der Waals surface area contributed by atoms with Crippen molar-refractivity contribution in [3.63, 3.8) is 0 Å². The first kappa shape index (κ1) is 16.9. The van der Waals surface area contributed by atoms with Crippen molar-refractivity contribution in [2.24, 2.45) is 0 Å². The number of aliphatic carboxylic acids is 1. The number of amides is 1. The molecule has 0 aliphatic heterocycles. The van der Waals surface area contributed by atoms with Crippen LogP contribution in [0.1, 0.15) is 27.2 Å². The lowest BCUT2D eigenvalue weighted by Gasteiger charge is -2.28. The van der Waals surface area contributed by atoms with Crippen molar-refractivity contribution < 1.29 is 23.6 Å². The molecule has 0 spiro atoms. The molecule has 0 aromatic carbocycles. The van der Waals surface area contributed by atoms with Gasteiger partial charge in [-0.05, 0) is 27.2 Å². The summed E-state index contributed by atoms with van der Waals surface area (Å²) in [7, 11) is 0.273. The molecule has 7 heteroatoms. The molecule has 1 N–H and O–H groups in total. The van der Waals surface area contributed by atoms with Gasteiger partial charge in [0.25, 0.3) is 0 Å². The number of hydrogen-bond donors (Lipinski definition) is 1. The Morgan fingerprint density at radius 2 is 1.89 bits per heavy atom. The maximum absolute atomic E-state index is 11.7. The summed E-state index contributed by atoms with van der Waals surface area (Å²) in [5.74, 6) is -0.904. The standard InChI is InChI=1S/C11H21NO5S/c1-11(2,3)17-10(15)12(4)8(9(13)14)6-7-18(5)16/h8H,6-7H2,1-5H3,(H,13,14). The molecule has 0 aliphatic carbocycles. The number of likely N-dealkylation sites (N-methyl/N-ethyl adjacent to an activating group) is 1. The van der Waals surface area contributed by atoms with Gasteiger partial charge in [0, 0.05) is 29.9 Å². The normalized spacial score (nSPS) is 14.7. The van der Waals surface area contributed by atoms with E-state index in [0.29, 0.717) is 0 Å². The summed E-state index contributed by atoms with van der Waals surface area (Å²) < 4.78 is 16.1. The number of carbonyl (C=O) groups excluding carboxylic acids is 1. The van der Waals surface area contributed by atoms with Crippen LogP contribution in [0.25, 0.3) is 0 Å². The summed E-state index contributed by atoms with van der Waals surface area (Å²) in [4.78, 5) is 23.8. The van der Waals surface area contributed by atoms with Crippen LogP contribution in [0.15, 0.2) is 0 Å². The molecular formula is C11H21NO5S. The molecule has 18 heavy (non-hydrogen) atoms. The molecule has 0 fully saturated rings. The minimum absolute atomic E-state index is 0.133. The van der Waals surface area contributed by atoms with Crippen molar-refractivity contribution in [2.75, 3.05) is 19.1 Å². The van der Waals surface area contributed by atoms with Gasteiger partial charge < -0.3 is 9.84 Å². The third kappa shape index (κ3) is 6.58. The summed E-state index contributed by atoms with van der Waals surface area (Å²) in [6.07, 6.45) is 0.928. The smallest absolute Gasteiger partial charge is 0.410 e. The van der Waals surface area contributed by atoms with Crippen molar-refractivity contribution in [3.8, 4) is 0 Å². The second kappa shape index (κ2) is 6.72. The highest BCUT2D eigenvalue weighted by Gasteiger charge is 2.29. The maximum atomic E-state index is 11.7. The molecule has 0 aliphatic rings. The number of carboxylic acids is 1. The zero-order chi connectivity index (χ0) is 14.5. The average Bonchev–Trinajstić information content (AvgIpc) is 2.13. The highest BCUT2D eigenvalue weighted by Crippen LogP contribution is 2.12. The predicted octanol–water partition coefficient (Wildman–Crippen LogP) is 1.08. The number of hydrogen-bond acceptors (Lipinski definition) is 4. The Morgan fingerprint density at radius 3 is 2.22 bits per heavy atom. The number of carboxylic acid groups (broad SMARTS) is 1. The molecule has 0 radical (unpaired) electrons. The first-order valence-corrected chi connectivity index (χ1v) is 7.26. The van der Waals surface area contributed by atoms with Crippen LogP contribution in [0.5, 0.6) is 0 Å². The van der Waals surface area contributed by atoms with Gasteiger partial charge in [-0.3, -0.25) is 9.11 Å². The molecule has 0 bridgehead atoms. The molecule has 2 atom stereocenters. The van der Waals surface area contributed by atoms with Gasteiger partial charge in [0.1, 0.15) is 11.6 Å². The molecule has 0 heterocycles. The molecule has 0 saturated carbocycles. The Morgan fingerprint density at radius 1 is 1.39 bits per heavy atom. The minimum Gasteiger partial charge on any atom is -0.480 e. The van der Waals surface area contributed by atoms with Crippen LogP contribution in [0.4, 0.5) is 4.79 Å². The summed E-state index contributed by atoms with van der Waals surface area (Å²) in [6, 6.07) is -1.02. The quantitative estimate of drug-likeness (QED) is 0.814. The summed E-state index contributed by atoms with van der Waals surface area (Å²) in [5.41, 5.74) is -0.679. The molecule has 0 rings (SSSR count). The Hall–Kier alpha value is -1.11. The summed E-state index contributed by atoms with van der Waals surface area (Å²) in [5, 5.41) is 9.06. The van der Waals surface area contributed by atoms with Crippen LogP contribution in [0.2, 0.25) is 0 Å². The molecule has 6 nitrogen and oxygen atoms in total. The predicted molar refractivity (Wildman–Crippen MR) is 69.0 cm³/mol. The zero-order valence-corrected chi connectivity index (χ0v) is 12.2. The fourth-order valence-corrected chi connectivity index (χ4v) is 1.78. The second-order valence-electron chi connectivity index (χ2n) is 5.01. The van der Waals surface area contributed by atoms with E-state index in [0.717, 1.165) is 4.90 Å². The van der Waals surface area contributed by atoms with Crippen molar-refractivity contribution in [3.05, 3.63) is 0 Å². The lowest BCUT2D eigenvalue weighted by atomic mass is 10.2. The van der Waals surface area contributed by atoms with Crippen LogP contribution in [-0.4, -0.2) is 57.0 Å². The van der Waals surface area contributed by atoms with E-state index >= 15 is 0 Å². The number of rotatable bonds is 5. The fraction of sp³-hybridized carbons (Fsp3) is 0.818. The van der Waals surface area contributed by atoms with E-state index in [9.17, 15) is 13.8 Å². The van der Waals surface area contributed by atoms with Gasteiger partial charge in [0.05, 0.1) is 0 Å². The molecule has 1 amide bonds. The number of nitrogens with zero attached hydrogens (tertiary/aromatic N) is 1. The van der Waals surface area contributed by atoms with E-state index < -0.39 is 34.5 Å². The first-order valence-electron chi connectivity index (χ1n) is 5.53. The average molecular weight is 279 g/mol. The zero-order valence-electron chi connectivity index (χ0n) is 11.4. The highest BCUT2D eigenvalue weighted by molar-refractivity contribution is 7.84. The SMILES string of the molecule is CN(C(=O)OC(C)(C)C)C(CCS(C)=O)C(=O)O. The monoisotopic (exact) mass is 279 g/mol. The van der Waals surface area contributed by atoms with Crippen LogP contribution in [-0.2, 0) is 20.3 Å². The largest absolute Gasteiger partial charge is 0.480 e. The van der Waals surface area contributed by atoms with E-state index in [1.807, 2.05) is 0 Å². The highest BCUT2D eigenvalue weighted by atomic mass is 32.2. The van der Waals surface area contributed by atoms with E-state index in [2.05, 4.69) is 0 Å². The van der Waals surface area contributed by atoms with Crippen molar-refractivity contribution in [1.82, 2.24) is 4.90 Å². The number of carbonyl (C=O) groups is 2. The topological polar surface area (TPSA) is 83.9 Å². The lowest BCUT2D eigenvalue weighted by Crippen LogP contribution is -2.45. The van der Waals surface area contributed by atoms with Gasteiger partial charge >= 0.3 is 12.1 Å². The molecule has 106 valence electrons. The van der Waals surface area contributed by atoms with Crippen LogP contribution >= 0.6 is 0 Å². The van der Waals surface area contributed by atoms with E-state index in [-0.39, 0.29) is 12.2 Å². The van der Waals surface area contributed by atoms with Gasteiger partial charge in [-0.2, -0.15) is 0 Å². The third-order valence-corrected chi connectivity index (χ3v) is 2.92. The van der Waals surface area contributed by atoms with E-state index in [4.69, 9.17) is 9.84 Å². The molecule has 0 saturated heterocycles. The second-order valence-corrected chi connectivity index (χ2v) is 6.57. The van der Waals surface area contributed by atoms with Crippen LogP contribution in [0, 0.1) is 0 Å². The molecule has 2 unspecified atom stereocenters. The Labute approximate surface area is 110 Å². The minimum atomic E-state index is -1.13. The van der Waals surface area contributed by atoms with E-state index in [1.54, 1.807) is 20.8 Å². The maximum Gasteiger partial charge on any atom is 0.410 e. The molecular weight excluding hydrogens is 258 g/mol. The molecule has 0 aromatic heterocycles. The third-order valence-electron chi connectivity index (χ3n) is 2.11. The first-order chi connectivity index (χ1) is 8.04. The van der Waals surface area contributed by atoms with Crippen molar-refractivity contribution >= 4 is 22.9 Å². The van der Waals surface area contributed by atoms with Gasteiger partial charge in [-0.25, -0.2) is 9.59 Å².